The van der Waals surface area contributed by atoms with Gasteiger partial charge in [0, 0.05) is 6.54 Å². The van der Waals surface area contributed by atoms with Crippen LogP contribution in [0.25, 0.3) is 0 Å². The van der Waals surface area contributed by atoms with E-state index in [1.807, 2.05) is 0 Å². The van der Waals surface area contributed by atoms with Crippen molar-refractivity contribution in [2.24, 2.45) is 0 Å². The first-order valence-electron chi connectivity index (χ1n) is 6.09. The van der Waals surface area contributed by atoms with Crippen LogP contribution < -0.4 is 5.32 Å². The molecule has 0 fully saturated rings. The fourth-order valence-electron chi connectivity index (χ4n) is 1.86. The monoisotopic (exact) mass is 312 g/mol. The van der Waals surface area contributed by atoms with E-state index in [9.17, 15) is 18.9 Å². The third-order valence-electron chi connectivity index (χ3n) is 2.85. The van der Waals surface area contributed by atoms with E-state index in [0.29, 0.717) is 13.0 Å². The Labute approximate surface area is 124 Å². The maximum atomic E-state index is 13.2. The Kier molecular flexibility index (Phi) is 4.70. The van der Waals surface area contributed by atoms with Gasteiger partial charge in [-0.15, -0.1) is 0 Å². The molecule has 0 atom stereocenters. The molecule has 0 unspecified atom stereocenters. The summed E-state index contributed by atoms with van der Waals surface area (Å²) in [6, 6.07) is 7.99. The first-order chi connectivity index (χ1) is 9.97. The van der Waals surface area contributed by atoms with Crippen molar-refractivity contribution in [2.45, 2.75) is 6.42 Å². The lowest BCUT2D eigenvalue weighted by Gasteiger charge is -2.08. The van der Waals surface area contributed by atoms with Gasteiger partial charge in [-0.05, 0) is 30.2 Å². The molecule has 0 saturated carbocycles. The fourth-order valence-corrected chi connectivity index (χ4v) is 2.03. The van der Waals surface area contributed by atoms with Gasteiger partial charge in [0.25, 0.3) is 5.69 Å². The van der Waals surface area contributed by atoms with Crippen LogP contribution >= 0.6 is 11.6 Å². The highest BCUT2D eigenvalue weighted by molar-refractivity contribution is 6.31. The molecule has 0 saturated heterocycles. The molecular formula is C14H11ClF2N2O2. The molecule has 0 spiro atoms. The van der Waals surface area contributed by atoms with Crippen LogP contribution in [-0.2, 0) is 6.42 Å². The summed E-state index contributed by atoms with van der Waals surface area (Å²) in [7, 11) is 0. The van der Waals surface area contributed by atoms with Gasteiger partial charge in [0.1, 0.15) is 17.3 Å². The van der Waals surface area contributed by atoms with E-state index in [1.54, 1.807) is 12.1 Å². The molecular weight excluding hydrogens is 302 g/mol. The second-order valence-electron chi connectivity index (χ2n) is 4.35. The average Bonchev–Trinajstić information content (AvgIpc) is 2.42. The molecule has 0 aromatic heterocycles. The van der Waals surface area contributed by atoms with Crippen molar-refractivity contribution in [1.29, 1.82) is 0 Å². The molecule has 2 aromatic carbocycles. The largest absolute Gasteiger partial charge is 0.379 e. The van der Waals surface area contributed by atoms with Crippen molar-refractivity contribution in [3.63, 3.8) is 0 Å². The highest BCUT2D eigenvalue weighted by Crippen LogP contribution is 2.30. The van der Waals surface area contributed by atoms with E-state index in [-0.39, 0.29) is 16.5 Å². The summed E-state index contributed by atoms with van der Waals surface area (Å²) in [5, 5.41) is 13.5. The van der Waals surface area contributed by atoms with Crippen LogP contribution in [0.5, 0.6) is 0 Å². The molecule has 0 aliphatic heterocycles. The third kappa shape index (κ3) is 3.88. The van der Waals surface area contributed by atoms with Crippen LogP contribution in [-0.4, -0.2) is 11.5 Å². The van der Waals surface area contributed by atoms with Crippen molar-refractivity contribution in [2.75, 3.05) is 11.9 Å². The van der Waals surface area contributed by atoms with Crippen LogP contribution in [0.3, 0.4) is 0 Å². The van der Waals surface area contributed by atoms with Gasteiger partial charge in [-0.2, -0.15) is 0 Å². The van der Waals surface area contributed by atoms with E-state index in [2.05, 4.69) is 5.32 Å². The van der Waals surface area contributed by atoms with Crippen LogP contribution in [0.2, 0.25) is 5.02 Å². The molecule has 0 radical (unpaired) electrons. The summed E-state index contributed by atoms with van der Waals surface area (Å²) in [4.78, 5) is 10.2. The van der Waals surface area contributed by atoms with E-state index >= 15 is 0 Å². The quantitative estimate of drug-likeness (QED) is 0.665. The lowest BCUT2D eigenvalue weighted by atomic mass is 10.1. The van der Waals surface area contributed by atoms with E-state index in [1.165, 1.54) is 18.2 Å². The number of halogens is 3. The van der Waals surface area contributed by atoms with Crippen LogP contribution in [0, 0.1) is 21.7 Å². The summed E-state index contributed by atoms with van der Waals surface area (Å²) in [5.74, 6) is -1.19. The molecule has 0 aliphatic rings. The van der Waals surface area contributed by atoms with Crippen LogP contribution in [0.1, 0.15) is 5.56 Å². The first-order valence-corrected chi connectivity index (χ1v) is 6.47. The first kappa shape index (κ1) is 15.2. The molecule has 1 N–H and O–H groups in total. The molecule has 110 valence electrons. The third-order valence-corrected chi connectivity index (χ3v) is 3.14. The smallest absolute Gasteiger partial charge is 0.295 e. The van der Waals surface area contributed by atoms with Gasteiger partial charge < -0.3 is 5.32 Å². The van der Waals surface area contributed by atoms with Gasteiger partial charge in [-0.25, -0.2) is 8.78 Å². The minimum Gasteiger partial charge on any atom is -0.379 e. The zero-order valence-corrected chi connectivity index (χ0v) is 11.5. The Morgan fingerprint density at radius 3 is 2.67 bits per heavy atom. The number of rotatable bonds is 5. The number of nitro benzene ring substituents is 1. The second kappa shape index (κ2) is 6.49. The molecule has 7 heteroatoms. The lowest BCUT2D eigenvalue weighted by molar-refractivity contribution is -0.384. The molecule has 0 aliphatic carbocycles. The minimum atomic E-state index is -0.848. The Morgan fingerprint density at radius 1 is 1.24 bits per heavy atom. The van der Waals surface area contributed by atoms with Crippen LogP contribution in [0.15, 0.2) is 36.4 Å². The number of nitro groups is 1. The Hall–Kier alpha value is -2.21. The topological polar surface area (TPSA) is 55.2 Å². The summed E-state index contributed by atoms with van der Waals surface area (Å²) in [6.07, 6.45) is 0.462. The number of nitrogens with one attached hydrogen (secondary N) is 1. The summed E-state index contributed by atoms with van der Waals surface area (Å²) >= 11 is 5.62. The van der Waals surface area contributed by atoms with Gasteiger partial charge in [-0.3, -0.25) is 10.1 Å². The van der Waals surface area contributed by atoms with Gasteiger partial charge in [0.15, 0.2) is 0 Å². The minimum absolute atomic E-state index is 0.128. The average molecular weight is 313 g/mol. The number of benzene rings is 2. The summed E-state index contributed by atoms with van der Waals surface area (Å²) in [5.41, 5.74) is 0.484. The Balaban J connectivity index is 2.09. The molecule has 0 heterocycles. The number of hydrogen-bond donors (Lipinski definition) is 1. The standard InChI is InChI=1S/C14H11ClF2N2O2/c15-11-7-13(14(19(20)21)8-12(11)17)18-5-4-9-2-1-3-10(16)6-9/h1-3,6-8,18H,4-5H2. The summed E-state index contributed by atoms with van der Waals surface area (Å²) < 4.78 is 26.3. The molecule has 0 bridgehead atoms. The second-order valence-corrected chi connectivity index (χ2v) is 4.75. The van der Waals surface area contributed by atoms with Crippen molar-refractivity contribution >= 4 is 23.0 Å². The maximum Gasteiger partial charge on any atom is 0.295 e. The lowest BCUT2D eigenvalue weighted by Crippen LogP contribution is -2.07. The van der Waals surface area contributed by atoms with E-state index < -0.39 is 16.4 Å². The zero-order chi connectivity index (χ0) is 15.4. The van der Waals surface area contributed by atoms with Crippen molar-refractivity contribution in [3.8, 4) is 0 Å². The molecule has 2 rings (SSSR count). The molecule has 4 nitrogen and oxygen atoms in total. The highest BCUT2D eigenvalue weighted by Gasteiger charge is 2.17. The van der Waals surface area contributed by atoms with Gasteiger partial charge >= 0.3 is 0 Å². The fraction of sp³-hybridized carbons (Fsp3) is 0.143. The number of hydrogen-bond acceptors (Lipinski definition) is 3. The SMILES string of the molecule is O=[N+]([O-])c1cc(F)c(Cl)cc1NCCc1cccc(F)c1. The predicted octanol–water partition coefficient (Wildman–Crippen LogP) is 4.18. The molecule has 0 amide bonds. The Morgan fingerprint density at radius 2 is 2.00 bits per heavy atom. The number of anilines is 1. The van der Waals surface area contributed by atoms with Crippen LogP contribution in [0.4, 0.5) is 20.2 Å². The number of nitrogens with zero attached hydrogens (tertiary/aromatic N) is 1. The van der Waals surface area contributed by atoms with Gasteiger partial charge in [0.2, 0.25) is 0 Å². The highest BCUT2D eigenvalue weighted by atomic mass is 35.5. The Bertz CT molecular complexity index is 680. The maximum absolute atomic E-state index is 13.2. The molecule has 2 aromatic rings. The summed E-state index contributed by atoms with van der Waals surface area (Å²) in [6.45, 7) is 0.326. The zero-order valence-electron chi connectivity index (χ0n) is 10.8. The van der Waals surface area contributed by atoms with Gasteiger partial charge in [-0.1, -0.05) is 23.7 Å². The van der Waals surface area contributed by atoms with Gasteiger partial charge in [0.05, 0.1) is 16.0 Å². The molecule has 21 heavy (non-hydrogen) atoms. The predicted molar refractivity (Wildman–Crippen MR) is 76.7 cm³/mol. The van der Waals surface area contributed by atoms with E-state index in [4.69, 9.17) is 11.6 Å². The van der Waals surface area contributed by atoms with Crippen molar-refractivity contribution in [3.05, 3.63) is 68.7 Å². The van der Waals surface area contributed by atoms with E-state index in [0.717, 1.165) is 11.6 Å². The normalized spacial score (nSPS) is 10.4. The van der Waals surface area contributed by atoms with Crippen molar-refractivity contribution < 1.29 is 13.7 Å². The van der Waals surface area contributed by atoms with Crippen molar-refractivity contribution in [1.82, 2.24) is 0 Å².